The van der Waals surface area contributed by atoms with Crippen molar-refractivity contribution in [1.29, 1.82) is 0 Å². The van der Waals surface area contributed by atoms with Crippen molar-refractivity contribution in [3.8, 4) is 0 Å². The third kappa shape index (κ3) is 2.67. The molecule has 3 rings (SSSR count). The van der Waals surface area contributed by atoms with E-state index in [1.54, 1.807) is 0 Å². The number of benzene rings is 2. The Morgan fingerprint density at radius 2 is 1.16 bits per heavy atom. The fourth-order valence-electron chi connectivity index (χ4n) is 4.69. The molecular weight excluding hydrogens is 300 g/mol. The molecule has 0 bridgehead atoms. The topological polar surface area (TPSA) is 0 Å². The van der Waals surface area contributed by atoms with Crippen LogP contribution in [0.3, 0.4) is 0 Å². The van der Waals surface area contributed by atoms with Crippen LogP contribution >= 0.6 is 0 Å². The van der Waals surface area contributed by atoms with E-state index < -0.39 is 0 Å². The highest BCUT2D eigenvalue weighted by atomic mass is 14.6. The molecule has 2 aromatic rings. The van der Waals surface area contributed by atoms with Crippen LogP contribution in [0.15, 0.2) is 72.8 Å². The van der Waals surface area contributed by atoms with Gasteiger partial charge in [0.05, 0.1) is 0 Å². The van der Waals surface area contributed by atoms with E-state index in [-0.39, 0.29) is 16.2 Å². The molecule has 1 aliphatic carbocycles. The lowest BCUT2D eigenvalue weighted by molar-refractivity contribution is -0.0460. The van der Waals surface area contributed by atoms with E-state index in [0.29, 0.717) is 11.8 Å². The van der Waals surface area contributed by atoms with Gasteiger partial charge in [-0.05, 0) is 27.9 Å². The van der Waals surface area contributed by atoms with Gasteiger partial charge in [0.2, 0.25) is 0 Å². The highest BCUT2D eigenvalue weighted by Crippen LogP contribution is 2.64. The van der Waals surface area contributed by atoms with Gasteiger partial charge in [-0.1, -0.05) is 114 Å². The zero-order valence-corrected chi connectivity index (χ0v) is 16.6. The van der Waals surface area contributed by atoms with E-state index >= 15 is 0 Å². The molecule has 1 aliphatic rings. The normalized spacial score (nSPS) is 27.4. The van der Waals surface area contributed by atoms with Gasteiger partial charge in [0.25, 0.3) is 0 Å². The van der Waals surface area contributed by atoms with Crippen LogP contribution in [0.2, 0.25) is 0 Å². The Labute approximate surface area is 154 Å². The van der Waals surface area contributed by atoms with Crippen LogP contribution in [0.25, 0.3) is 0 Å². The summed E-state index contributed by atoms with van der Waals surface area (Å²) >= 11 is 0. The molecule has 0 aromatic heterocycles. The van der Waals surface area contributed by atoms with Crippen molar-refractivity contribution in [2.75, 3.05) is 0 Å². The van der Waals surface area contributed by atoms with Gasteiger partial charge in [0.1, 0.15) is 0 Å². The van der Waals surface area contributed by atoms with E-state index in [2.05, 4.69) is 114 Å². The van der Waals surface area contributed by atoms with Gasteiger partial charge in [-0.25, -0.2) is 0 Å². The third-order valence-corrected chi connectivity index (χ3v) is 7.69. The average Bonchev–Trinajstić information content (AvgIpc) is 2.60. The molecular formula is C25H32. The van der Waals surface area contributed by atoms with Crippen LogP contribution in [0.1, 0.15) is 58.6 Å². The first-order chi connectivity index (χ1) is 11.7. The highest BCUT2D eigenvalue weighted by molar-refractivity contribution is 5.39. The van der Waals surface area contributed by atoms with E-state index in [0.717, 1.165) is 0 Å². The van der Waals surface area contributed by atoms with Crippen molar-refractivity contribution in [2.24, 2.45) is 22.2 Å². The van der Waals surface area contributed by atoms with Crippen molar-refractivity contribution in [3.05, 3.63) is 83.9 Å². The smallest absolute Gasteiger partial charge is 0.0183 e. The van der Waals surface area contributed by atoms with E-state index in [4.69, 9.17) is 0 Å². The maximum atomic E-state index is 2.51. The zero-order valence-electron chi connectivity index (χ0n) is 16.6. The monoisotopic (exact) mass is 332 g/mol. The largest absolute Gasteiger partial charge is 0.0845 e. The predicted octanol–water partition coefficient (Wildman–Crippen LogP) is 7.08. The fraction of sp³-hybridized carbons (Fsp3) is 0.440. The summed E-state index contributed by atoms with van der Waals surface area (Å²) in [6, 6.07) is 22.1. The summed E-state index contributed by atoms with van der Waals surface area (Å²) in [6.07, 6.45) is 4.96. The van der Waals surface area contributed by atoms with Crippen molar-refractivity contribution in [1.82, 2.24) is 0 Å². The molecule has 0 N–H and O–H groups in total. The first kappa shape index (κ1) is 18.0. The van der Waals surface area contributed by atoms with Gasteiger partial charge >= 0.3 is 0 Å². The van der Waals surface area contributed by atoms with Gasteiger partial charge in [0.15, 0.2) is 0 Å². The van der Waals surface area contributed by atoms with Crippen LogP contribution < -0.4 is 0 Å². The minimum atomic E-state index is 0.0334. The lowest BCUT2D eigenvalue weighted by Crippen LogP contribution is -2.53. The van der Waals surface area contributed by atoms with Crippen LogP contribution in [-0.4, -0.2) is 0 Å². The maximum Gasteiger partial charge on any atom is 0.0183 e. The van der Waals surface area contributed by atoms with Crippen LogP contribution in [0, 0.1) is 22.2 Å². The molecule has 25 heavy (non-hydrogen) atoms. The van der Waals surface area contributed by atoms with Gasteiger partial charge < -0.3 is 0 Å². The molecule has 0 saturated carbocycles. The second kappa shape index (κ2) is 6.16. The van der Waals surface area contributed by atoms with Crippen molar-refractivity contribution < 1.29 is 0 Å². The molecule has 0 amide bonds. The molecule has 0 aliphatic heterocycles. The molecule has 0 spiro atoms. The highest BCUT2D eigenvalue weighted by Gasteiger charge is 2.56. The average molecular weight is 333 g/mol. The van der Waals surface area contributed by atoms with Crippen LogP contribution in [-0.2, 0) is 0 Å². The maximum absolute atomic E-state index is 2.51. The molecule has 0 heterocycles. The minimum Gasteiger partial charge on any atom is -0.0845 e. The quantitative estimate of drug-likeness (QED) is 0.527. The first-order valence-electron chi connectivity index (χ1n) is 9.51. The molecule has 2 unspecified atom stereocenters. The second-order valence-electron chi connectivity index (χ2n) is 9.03. The number of hydrogen-bond acceptors (Lipinski definition) is 0. The molecule has 0 saturated heterocycles. The summed E-state index contributed by atoms with van der Waals surface area (Å²) in [6.45, 7) is 14.6. The lowest BCUT2D eigenvalue weighted by atomic mass is 9.44. The summed E-state index contributed by atoms with van der Waals surface area (Å²) in [4.78, 5) is 0. The minimum absolute atomic E-state index is 0.0334. The van der Waals surface area contributed by atoms with Gasteiger partial charge in [-0.15, -0.1) is 0 Å². The molecule has 0 fully saturated rings. The number of rotatable bonds is 3. The third-order valence-electron chi connectivity index (χ3n) is 7.69. The van der Waals surface area contributed by atoms with Gasteiger partial charge in [-0.2, -0.15) is 0 Å². The Bertz CT molecular complexity index is 697. The second-order valence-corrected chi connectivity index (χ2v) is 9.03. The Morgan fingerprint density at radius 1 is 0.720 bits per heavy atom. The van der Waals surface area contributed by atoms with Crippen molar-refractivity contribution >= 4 is 0 Å². The predicted molar refractivity (Wildman–Crippen MR) is 109 cm³/mol. The molecule has 0 heteroatoms. The van der Waals surface area contributed by atoms with E-state index in [1.807, 2.05) is 0 Å². The van der Waals surface area contributed by atoms with Gasteiger partial charge in [-0.3, -0.25) is 0 Å². The van der Waals surface area contributed by atoms with E-state index in [1.165, 1.54) is 11.1 Å². The molecule has 2 aromatic carbocycles. The summed E-state index contributed by atoms with van der Waals surface area (Å²) in [5, 5.41) is 0. The molecule has 2 atom stereocenters. The Balaban J connectivity index is 2.24. The van der Waals surface area contributed by atoms with E-state index in [9.17, 15) is 0 Å². The Kier molecular flexibility index (Phi) is 4.43. The van der Waals surface area contributed by atoms with Gasteiger partial charge in [0, 0.05) is 11.3 Å². The summed E-state index contributed by atoms with van der Waals surface area (Å²) in [5.41, 5.74) is 3.20. The lowest BCUT2D eigenvalue weighted by Gasteiger charge is -2.60. The first-order valence-corrected chi connectivity index (χ1v) is 9.51. The van der Waals surface area contributed by atoms with Crippen molar-refractivity contribution in [3.63, 3.8) is 0 Å². The summed E-state index contributed by atoms with van der Waals surface area (Å²) in [7, 11) is 0. The Hall–Kier alpha value is -1.82. The summed E-state index contributed by atoms with van der Waals surface area (Å²) in [5.74, 6) is 0.913. The SMILES string of the molecule is CC1C=CC(C)(C(c2ccccc2)c2ccccc2)C(C)(C)C1(C)C. The fourth-order valence-corrected chi connectivity index (χ4v) is 4.69. The zero-order chi connectivity index (χ0) is 18.3. The summed E-state index contributed by atoms with van der Waals surface area (Å²) < 4.78 is 0. The van der Waals surface area contributed by atoms with Crippen LogP contribution in [0.5, 0.6) is 0 Å². The number of hydrogen-bond donors (Lipinski definition) is 0. The Morgan fingerprint density at radius 3 is 1.60 bits per heavy atom. The molecule has 132 valence electrons. The molecule has 0 nitrogen and oxygen atoms in total. The van der Waals surface area contributed by atoms with Crippen LogP contribution in [0.4, 0.5) is 0 Å². The molecule has 0 radical (unpaired) electrons. The number of allylic oxidation sites excluding steroid dienone is 2. The van der Waals surface area contributed by atoms with Crippen molar-refractivity contribution in [2.45, 2.75) is 47.5 Å². The standard InChI is InChI=1S/C25H32/c1-19-17-18-25(6,24(4,5)23(19,2)3)22(20-13-9-7-10-14-20)21-15-11-8-12-16-21/h7-19,22H,1-6H3.